The minimum absolute atomic E-state index is 0.0402. The number of benzene rings is 2. The highest BCUT2D eigenvalue weighted by molar-refractivity contribution is 5.94. The molecule has 2 heterocycles. The van der Waals surface area contributed by atoms with Crippen molar-refractivity contribution in [3.05, 3.63) is 60.2 Å². The third-order valence-electron chi connectivity index (χ3n) is 5.84. The van der Waals surface area contributed by atoms with E-state index in [1.54, 1.807) is 6.08 Å². The number of piperidine rings is 1. The number of rotatable bonds is 7. The lowest BCUT2D eigenvalue weighted by molar-refractivity contribution is -0.167. The van der Waals surface area contributed by atoms with Crippen molar-refractivity contribution in [3.8, 4) is 11.1 Å². The molecule has 4 rings (SSSR count). The molecular weight excluding hydrogens is 374 g/mol. The summed E-state index contributed by atoms with van der Waals surface area (Å²) in [6.07, 6.45) is 10.2. The second-order valence-electron chi connectivity index (χ2n) is 8.12. The second kappa shape index (κ2) is 10.6. The first-order valence-electron chi connectivity index (χ1n) is 11.2. The minimum Gasteiger partial charge on any atom is -0.372 e. The fraction of sp³-hybridized carbons (Fsp3) is 0.423. The van der Waals surface area contributed by atoms with E-state index in [2.05, 4.69) is 41.3 Å². The summed E-state index contributed by atoms with van der Waals surface area (Å²) < 4.78 is 11.0. The highest BCUT2D eigenvalue weighted by Gasteiger charge is 2.14. The molecule has 2 saturated heterocycles. The predicted molar refractivity (Wildman–Crippen MR) is 122 cm³/mol. The summed E-state index contributed by atoms with van der Waals surface area (Å²) in [7, 11) is 0. The molecule has 0 N–H and O–H groups in total. The molecule has 2 aromatic rings. The number of carbonyl (C=O) groups excluding carboxylic acids is 1. The van der Waals surface area contributed by atoms with Gasteiger partial charge in [-0.25, -0.2) is 0 Å². The number of hydrogen-bond acceptors (Lipinski definition) is 4. The molecule has 4 nitrogen and oxygen atoms in total. The molecule has 1 atom stereocenters. The van der Waals surface area contributed by atoms with Crippen molar-refractivity contribution < 1.29 is 14.3 Å². The largest absolute Gasteiger partial charge is 0.372 e. The van der Waals surface area contributed by atoms with Crippen LogP contribution in [0.5, 0.6) is 0 Å². The van der Waals surface area contributed by atoms with Gasteiger partial charge in [-0.05, 0) is 73.4 Å². The fourth-order valence-electron chi connectivity index (χ4n) is 4.06. The first kappa shape index (κ1) is 20.8. The van der Waals surface area contributed by atoms with Gasteiger partial charge in [0.15, 0.2) is 12.1 Å². The van der Waals surface area contributed by atoms with Crippen LogP contribution in [0.3, 0.4) is 0 Å². The van der Waals surface area contributed by atoms with E-state index in [0.29, 0.717) is 0 Å². The molecule has 2 aromatic carbocycles. The Morgan fingerprint density at radius 2 is 1.63 bits per heavy atom. The van der Waals surface area contributed by atoms with Crippen molar-refractivity contribution in [1.29, 1.82) is 0 Å². The van der Waals surface area contributed by atoms with E-state index in [1.807, 2.05) is 18.2 Å². The molecule has 0 amide bonds. The van der Waals surface area contributed by atoms with Crippen molar-refractivity contribution in [2.24, 2.45) is 0 Å². The van der Waals surface area contributed by atoms with Gasteiger partial charge < -0.3 is 14.4 Å². The summed E-state index contributed by atoms with van der Waals surface area (Å²) in [5.41, 5.74) is 4.72. The zero-order chi connectivity index (χ0) is 20.6. The smallest absolute Gasteiger partial charge is 0.181 e. The van der Waals surface area contributed by atoms with Gasteiger partial charge in [0.05, 0.1) is 0 Å². The minimum atomic E-state index is -0.225. The highest BCUT2D eigenvalue weighted by Crippen LogP contribution is 2.25. The van der Waals surface area contributed by atoms with E-state index in [0.717, 1.165) is 44.5 Å². The average Bonchev–Trinajstić information content (AvgIpc) is 2.83. The second-order valence-corrected chi connectivity index (χ2v) is 8.12. The molecule has 0 spiro atoms. The van der Waals surface area contributed by atoms with Gasteiger partial charge >= 0.3 is 0 Å². The topological polar surface area (TPSA) is 38.8 Å². The molecule has 30 heavy (non-hydrogen) atoms. The first-order chi connectivity index (χ1) is 14.8. The number of anilines is 1. The zero-order valence-corrected chi connectivity index (χ0v) is 17.6. The van der Waals surface area contributed by atoms with E-state index in [9.17, 15) is 4.79 Å². The standard InChI is InChI=1S/C26H31NO3/c28-25(20-30-26-6-2-5-19-29-26)16-9-21-7-10-22(11-8-21)23-12-14-24(15-13-23)27-17-3-1-4-18-27/h7-16,26H,1-6,17-20H2/b16-9+. The average molecular weight is 406 g/mol. The quantitative estimate of drug-likeness (QED) is 0.573. The van der Waals surface area contributed by atoms with Gasteiger partial charge in [0.2, 0.25) is 0 Å². The van der Waals surface area contributed by atoms with Gasteiger partial charge in [-0.2, -0.15) is 0 Å². The van der Waals surface area contributed by atoms with Crippen molar-refractivity contribution in [2.75, 3.05) is 31.2 Å². The maximum atomic E-state index is 12.0. The van der Waals surface area contributed by atoms with Crippen LogP contribution in [-0.2, 0) is 14.3 Å². The van der Waals surface area contributed by atoms with Gasteiger partial charge in [0, 0.05) is 25.4 Å². The Labute approximate surface area is 179 Å². The first-order valence-corrected chi connectivity index (χ1v) is 11.2. The summed E-state index contributed by atoms with van der Waals surface area (Å²) in [4.78, 5) is 14.5. The molecule has 0 radical (unpaired) electrons. The molecule has 0 aromatic heterocycles. The van der Waals surface area contributed by atoms with Crippen LogP contribution in [0, 0.1) is 0 Å². The summed E-state index contributed by atoms with van der Waals surface area (Å²) in [6, 6.07) is 17.1. The Hall–Kier alpha value is -2.43. The number of ketones is 1. The van der Waals surface area contributed by atoms with Crippen LogP contribution >= 0.6 is 0 Å². The zero-order valence-electron chi connectivity index (χ0n) is 17.6. The summed E-state index contributed by atoms with van der Waals surface area (Å²) in [5.74, 6) is -0.0402. The van der Waals surface area contributed by atoms with Crippen LogP contribution in [0.25, 0.3) is 17.2 Å². The summed E-state index contributed by atoms with van der Waals surface area (Å²) in [5, 5.41) is 0. The number of nitrogens with zero attached hydrogens (tertiary/aromatic N) is 1. The molecule has 0 aliphatic carbocycles. The van der Waals surface area contributed by atoms with Gasteiger partial charge in [0.1, 0.15) is 6.61 Å². The Morgan fingerprint density at radius 1 is 0.933 bits per heavy atom. The SMILES string of the molecule is O=C(/C=C/c1ccc(-c2ccc(N3CCCCC3)cc2)cc1)COC1CCCCO1. The lowest BCUT2D eigenvalue weighted by Gasteiger charge is -2.28. The molecule has 1 unspecified atom stereocenters. The van der Waals surface area contributed by atoms with Crippen molar-refractivity contribution in [2.45, 2.75) is 44.8 Å². The van der Waals surface area contributed by atoms with Crippen LogP contribution in [0.2, 0.25) is 0 Å². The maximum absolute atomic E-state index is 12.0. The fourth-order valence-corrected chi connectivity index (χ4v) is 4.06. The maximum Gasteiger partial charge on any atom is 0.181 e. The highest BCUT2D eigenvalue weighted by atomic mass is 16.7. The van der Waals surface area contributed by atoms with Gasteiger partial charge in [-0.3, -0.25) is 4.79 Å². The van der Waals surface area contributed by atoms with E-state index < -0.39 is 0 Å². The third-order valence-corrected chi connectivity index (χ3v) is 5.84. The molecule has 4 heteroatoms. The summed E-state index contributed by atoms with van der Waals surface area (Å²) in [6.45, 7) is 3.13. The monoisotopic (exact) mass is 405 g/mol. The lowest BCUT2D eigenvalue weighted by atomic mass is 10.0. The van der Waals surface area contributed by atoms with Gasteiger partial charge in [-0.1, -0.05) is 42.5 Å². The van der Waals surface area contributed by atoms with Crippen LogP contribution < -0.4 is 4.90 Å². The van der Waals surface area contributed by atoms with E-state index in [4.69, 9.17) is 9.47 Å². The number of carbonyl (C=O) groups is 1. The Balaban J connectivity index is 1.30. The number of ether oxygens (including phenoxy) is 2. The molecule has 2 aliphatic heterocycles. The molecule has 158 valence electrons. The van der Waals surface area contributed by atoms with Crippen molar-refractivity contribution in [3.63, 3.8) is 0 Å². The van der Waals surface area contributed by atoms with E-state index >= 15 is 0 Å². The van der Waals surface area contributed by atoms with Gasteiger partial charge in [-0.15, -0.1) is 0 Å². The molecule has 0 bridgehead atoms. The Bertz CT molecular complexity index is 830. The normalized spacial score (nSPS) is 19.9. The Kier molecular flexibility index (Phi) is 7.33. The number of hydrogen-bond donors (Lipinski definition) is 0. The van der Waals surface area contributed by atoms with Crippen LogP contribution in [0.1, 0.15) is 44.1 Å². The van der Waals surface area contributed by atoms with Gasteiger partial charge in [0.25, 0.3) is 0 Å². The summed E-state index contributed by atoms with van der Waals surface area (Å²) >= 11 is 0. The van der Waals surface area contributed by atoms with E-state index in [-0.39, 0.29) is 18.7 Å². The third kappa shape index (κ3) is 5.80. The van der Waals surface area contributed by atoms with Crippen molar-refractivity contribution >= 4 is 17.5 Å². The lowest BCUT2D eigenvalue weighted by Crippen LogP contribution is -2.29. The van der Waals surface area contributed by atoms with Crippen molar-refractivity contribution in [1.82, 2.24) is 0 Å². The Morgan fingerprint density at radius 3 is 2.30 bits per heavy atom. The molecular formula is C26H31NO3. The molecule has 0 saturated carbocycles. The van der Waals surface area contributed by atoms with Crippen LogP contribution in [-0.4, -0.2) is 38.4 Å². The van der Waals surface area contributed by atoms with Crippen LogP contribution in [0.4, 0.5) is 5.69 Å². The molecule has 2 aliphatic rings. The van der Waals surface area contributed by atoms with Crippen LogP contribution in [0.15, 0.2) is 54.6 Å². The van der Waals surface area contributed by atoms with E-state index in [1.165, 1.54) is 36.1 Å². The predicted octanol–water partition coefficient (Wildman–Crippen LogP) is 5.47. The molecule has 2 fully saturated rings.